The van der Waals surface area contributed by atoms with Gasteiger partial charge in [-0.1, -0.05) is 6.07 Å². The molecule has 1 aromatic carbocycles. The largest absolute Gasteiger partial charge is 0.373 e. The molecule has 1 heterocycles. The van der Waals surface area contributed by atoms with Crippen molar-refractivity contribution < 1.29 is 4.39 Å². The number of rotatable bonds is 0. The second-order valence-corrected chi connectivity index (χ2v) is 4.19. The number of benzene rings is 1. The lowest BCUT2D eigenvalue weighted by molar-refractivity contribution is 0.615. The van der Waals surface area contributed by atoms with Crippen LogP contribution in [0.3, 0.4) is 0 Å². The number of aryl methyl sites for hydroxylation is 1. The minimum Gasteiger partial charge on any atom is -0.373 e. The van der Waals surface area contributed by atoms with Crippen molar-refractivity contribution in [2.24, 2.45) is 0 Å². The highest BCUT2D eigenvalue weighted by Crippen LogP contribution is 2.35. The van der Waals surface area contributed by atoms with E-state index in [2.05, 4.69) is 20.8 Å². The van der Waals surface area contributed by atoms with E-state index < -0.39 is 0 Å². The quantitative estimate of drug-likeness (QED) is 0.678. The van der Waals surface area contributed by atoms with Crippen molar-refractivity contribution in [2.45, 2.75) is 12.8 Å². The topological polar surface area (TPSA) is 3.24 Å². The van der Waals surface area contributed by atoms with E-state index in [0.717, 1.165) is 25.1 Å². The number of nitrogens with zero attached hydrogens (tertiary/aromatic N) is 1. The van der Waals surface area contributed by atoms with E-state index in [1.54, 1.807) is 0 Å². The molecule has 1 aromatic rings. The summed E-state index contributed by atoms with van der Waals surface area (Å²) in [4.78, 5) is 2.10. The highest BCUT2D eigenvalue weighted by Gasteiger charge is 2.18. The molecule has 1 nitrogen and oxygen atoms in total. The number of anilines is 1. The summed E-state index contributed by atoms with van der Waals surface area (Å²) in [5.74, 6) is -0.174. The van der Waals surface area contributed by atoms with Gasteiger partial charge in [-0.2, -0.15) is 0 Å². The number of hydrogen-bond acceptors (Lipinski definition) is 1. The fourth-order valence-electron chi connectivity index (χ4n) is 1.81. The predicted octanol–water partition coefficient (Wildman–Crippen LogP) is 2.97. The van der Waals surface area contributed by atoms with E-state index in [1.165, 1.54) is 11.6 Å². The molecular formula is C10H11BrFN. The van der Waals surface area contributed by atoms with Crippen molar-refractivity contribution in [3.8, 4) is 0 Å². The van der Waals surface area contributed by atoms with Gasteiger partial charge in [-0.25, -0.2) is 4.39 Å². The maximum Gasteiger partial charge on any atom is 0.139 e. The molecule has 70 valence electrons. The number of hydrogen-bond donors (Lipinski definition) is 0. The molecule has 1 aliphatic rings. The summed E-state index contributed by atoms with van der Waals surface area (Å²) in [6, 6.07) is 3.41. The van der Waals surface area contributed by atoms with Gasteiger partial charge in [0.05, 0.1) is 10.2 Å². The van der Waals surface area contributed by atoms with Gasteiger partial charge in [0, 0.05) is 13.6 Å². The van der Waals surface area contributed by atoms with Crippen LogP contribution in [-0.2, 0) is 6.42 Å². The van der Waals surface area contributed by atoms with Crippen molar-refractivity contribution in [1.29, 1.82) is 0 Å². The molecule has 0 fully saturated rings. The molecule has 0 saturated carbocycles. The fourth-order valence-corrected chi connectivity index (χ4v) is 2.50. The zero-order chi connectivity index (χ0) is 9.42. The maximum atomic E-state index is 13.2. The molecule has 0 N–H and O–H groups in total. The summed E-state index contributed by atoms with van der Waals surface area (Å²) in [6.45, 7) is 1.01. The van der Waals surface area contributed by atoms with Gasteiger partial charge in [0.25, 0.3) is 0 Å². The van der Waals surface area contributed by atoms with Crippen LogP contribution in [0.15, 0.2) is 16.6 Å². The van der Waals surface area contributed by atoms with Crippen LogP contribution in [0.5, 0.6) is 0 Å². The number of halogens is 2. The smallest absolute Gasteiger partial charge is 0.139 e. The summed E-state index contributed by atoms with van der Waals surface area (Å²) in [7, 11) is 2.00. The normalized spacial score (nSPS) is 15.8. The third-order valence-corrected chi connectivity index (χ3v) is 3.23. The van der Waals surface area contributed by atoms with Crippen molar-refractivity contribution in [1.82, 2.24) is 0 Å². The zero-order valence-corrected chi connectivity index (χ0v) is 9.07. The summed E-state index contributed by atoms with van der Waals surface area (Å²) in [5, 5.41) is 0. The second-order valence-electron chi connectivity index (χ2n) is 3.39. The minimum atomic E-state index is -0.174. The molecule has 3 heteroatoms. The highest BCUT2D eigenvalue weighted by molar-refractivity contribution is 9.10. The average Bonchev–Trinajstić information content (AvgIpc) is 2.12. The van der Waals surface area contributed by atoms with E-state index in [4.69, 9.17) is 0 Å². The SMILES string of the molecule is CN1CCCc2ccc(F)c(Br)c21. The Labute approximate surface area is 85.7 Å². The van der Waals surface area contributed by atoms with Crippen LogP contribution >= 0.6 is 15.9 Å². The Hall–Kier alpha value is -0.570. The molecule has 2 rings (SSSR count). The van der Waals surface area contributed by atoms with Gasteiger partial charge in [-0.15, -0.1) is 0 Å². The van der Waals surface area contributed by atoms with Crippen LogP contribution < -0.4 is 4.90 Å². The summed E-state index contributed by atoms with van der Waals surface area (Å²) >= 11 is 3.29. The Kier molecular flexibility index (Phi) is 2.28. The minimum absolute atomic E-state index is 0.174. The standard InChI is InChI=1S/C10H11BrFN/c1-13-6-2-3-7-4-5-8(12)9(11)10(7)13/h4-5H,2-3,6H2,1H3. The van der Waals surface area contributed by atoms with Gasteiger partial charge in [0.15, 0.2) is 0 Å². The van der Waals surface area contributed by atoms with Crippen LogP contribution in [0.4, 0.5) is 10.1 Å². The Bertz CT molecular complexity index is 338. The molecule has 0 bridgehead atoms. The van der Waals surface area contributed by atoms with Crippen molar-refractivity contribution in [2.75, 3.05) is 18.5 Å². The summed E-state index contributed by atoms with van der Waals surface area (Å²) in [6.07, 6.45) is 2.21. The van der Waals surface area contributed by atoms with Crippen molar-refractivity contribution >= 4 is 21.6 Å². The zero-order valence-electron chi connectivity index (χ0n) is 7.48. The van der Waals surface area contributed by atoms with Crippen LogP contribution in [0.2, 0.25) is 0 Å². The Morgan fingerprint density at radius 1 is 1.46 bits per heavy atom. The van der Waals surface area contributed by atoms with Crippen LogP contribution in [0.25, 0.3) is 0 Å². The second kappa shape index (κ2) is 3.29. The highest BCUT2D eigenvalue weighted by atomic mass is 79.9. The van der Waals surface area contributed by atoms with Crippen LogP contribution in [0, 0.1) is 5.82 Å². The molecule has 0 saturated heterocycles. The lowest BCUT2D eigenvalue weighted by atomic mass is 10.0. The molecule has 0 amide bonds. The lowest BCUT2D eigenvalue weighted by Crippen LogP contribution is -2.25. The van der Waals surface area contributed by atoms with Gasteiger partial charge in [0.2, 0.25) is 0 Å². The Morgan fingerprint density at radius 3 is 3.00 bits per heavy atom. The third-order valence-electron chi connectivity index (χ3n) is 2.47. The molecule has 0 atom stereocenters. The predicted molar refractivity (Wildman–Crippen MR) is 55.7 cm³/mol. The number of fused-ring (bicyclic) bond motifs is 1. The van der Waals surface area contributed by atoms with E-state index >= 15 is 0 Å². The van der Waals surface area contributed by atoms with Crippen LogP contribution in [-0.4, -0.2) is 13.6 Å². The first kappa shape index (κ1) is 9.00. The molecule has 0 aromatic heterocycles. The Morgan fingerprint density at radius 2 is 2.23 bits per heavy atom. The molecular weight excluding hydrogens is 233 g/mol. The first-order valence-corrected chi connectivity index (χ1v) is 5.17. The summed E-state index contributed by atoms with van der Waals surface area (Å²) < 4.78 is 13.8. The van der Waals surface area contributed by atoms with Gasteiger partial charge in [-0.05, 0) is 40.4 Å². The molecule has 13 heavy (non-hydrogen) atoms. The Balaban J connectivity index is 2.58. The van der Waals surface area contributed by atoms with E-state index in [-0.39, 0.29) is 5.82 Å². The fraction of sp³-hybridized carbons (Fsp3) is 0.400. The lowest BCUT2D eigenvalue weighted by Gasteiger charge is -2.28. The van der Waals surface area contributed by atoms with Crippen molar-refractivity contribution in [3.63, 3.8) is 0 Å². The molecule has 0 radical (unpaired) electrons. The van der Waals surface area contributed by atoms with Crippen LogP contribution in [0.1, 0.15) is 12.0 Å². The summed E-state index contributed by atoms with van der Waals surface area (Å²) in [5.41, 5.74) is 2.26. The average molecular weight is 244 g/mol. The maximum absolute atomic E-state index is 13.2. The first-order valence-electron chi connectivity index (χ1n) is 4.38. The first-order chi connectivity index (χ1) is 6.20. The molecule has 0 unspecified atom stereocenters. The molecule has 0 aliphatic carbocycles. The molecule has 1 aliphatic heterocycles. The van der Waals surface area contributed by atoms with E-state index in [1.807, 2.05) is 13.1 Å². The molecule has 0 spiro atoms. The van der Waals surface area contributed by atoms with Gasteiger partial charge >= 0.3 is 0 Å². The van der Waals surface area contributed by atoms with Gasteiger partial charge < -0.3 is 4.90 Å². The third kappa shape index (κ3) is 1.46. The van der Waals surface area contributed by atoms with Gasteiger partial charge in [-0.3, -0.25) is 0 Å². The van der Waals surface area contributed by atoms with Gasteiger partial charge in [0.1, 0.15) is 5.82 Å². The van der Waals surface area contributed by atoms with E-state index in [0.29, 0.717) is 4.47 Å². The van der Waals surface area contributed by atoms with Crippen molar-refractivity contribution in [3.05, 3.63) is 28.0 Å². The van der Waals surface area contributed by atoms with E-state index in [9.17, 15) is 4.39 Å². The monoisotopic (exact) mass is 243 g/mol.